The monoisotopic (exact) mass is 298 g/mol. The summed E-state index contributed by atoms with van der Waals surface area (Å²) in [5.41, 5.74) is 0. The van der Waals surface area contributed by atoms with Gasteiger partial charge >= 0.3 is 4.57 Å². The molecule has 0 aromatic rings. The molecule has 0 nitrogen and oxygen atoms in total. The van der Waals surface area contributed by atoms with Crippen molar-refractivity contribution in [3.05, 3.63) is 0 Å². The third-order valence-electron chi connectivity index (χ3n) is 0.907. The Hall–Kier alpha value is -1.85. The van der Waals surface area contributed by atoms with Gasteiger partial charge in [0.15, 0.2) is 0 Å². The summed E-state index contributed by atoms with van der Waals surface area (Å²) in [5.74, 6) is 28.3. The van der Waals surface area contributed by atoms with Crippen LogP contribution in [-0.4, -0.2) is 4.57 Å². The lowest BCUT2D eigenvalue weighted by Crippen LogP contribution is -1.93. The van der Waals surface area contributed by atoms with E-state index in [0.717, 1.165) is 0 Å². The topological polar surface area (TPSA) is 0 Å². The number of terminal acetylenes is 1. The lowest BCUT2D eigenvalue weighted by atomic mass is 9.81. The van der Waals surface area contributed by atoms with Crippen molar-refractivity contribution in [1.82, 2.24) is 0 Å². The van der Waals surface area contributed by atoms with Gasteiger partial charge < -0.3 is 0 Å². The number of rotatable bonds is 0. The molecular formula is C13H4BI. The minimum atomic E-state index is -0.0986. The molecule has 0 heterocycles. The van der Waals surface area contributed by atoms with E-state index in [1.54, 1.807) is 6.92 Å². The van der Waals surface area contributed by atoms with Crippen molar-refractivity contribution in [3.8, 4) is 71.3 Å². The van der Waals surface area contributed by atoms with Crippen molar-refractivity contribution in [2.45, 2.75) is 6.92 Å². The van der Waals surface area contributed by atoms with Crippen molar-refractivity contribution in [3.63, 3.8) is 0 Å². The zero-order valence-electron chi connectivity index (χ0n) is 8.03. The fraction of sp³-hybridized carbons (Fsp3) is 0.0769. The molecule has 0 N–H and O–H groups in total. The smallest absolute Gasteiger partial charge is 0.112 e. The molecule has 0 aliphatic rings. The fourth-order valence-corrected chi connectivity index (χ4v) is 0.739. The molecule has 0 rings (SSSR count). The molecule has 0 aromatic carbocycles. The van der Waals surface area contributed by atoms with E-state index in [9.17, 15) is 0 Å². The van der Waals surface area contributed by atoms with Gasteiger partial charge in [-0.25, -0.2) is 0 Å². The maximum absolute atomic E-state index is 4.92. The molecular weight excluding hydrogens is 294 g/mol. The molecule has 0 atom stereocenters. The van der Waals surface area contributed by atoms with E-state index in [2.05, 4.69) is 87.3 Å². The molecule has 0 aromatic heterocycles. The van der Waals surface area contributed by atoms with Crippen LogP contribution in [0, 0.1) is 71.3 Å². The first-order valence-electron chi connectivity index (χ1n) is 3.83. The van der Waals surface area contributed by atoms with E-state index in [1.807, 2.05) is 0 Å². The molecule has 0 spiro atoms. The molecule has 2 heteroatoms. The summed E-state index contributed by atoms with van der Waals surface area (Å²) in [7, 11) is 0. The van der Waals surface area contributed by atoms with Crippen LogP contribution in [0.2, 0.25) is 0 Å². The standard InChI is InChI=1S/C13H4BI/c1-3-5-7-9-11-13-14(15)12-10-8-6-4-2/h2H,1H3. The van der Waals surface area contributed by atoms with Crippen molar-refractivity contribution >= 4 is 26.9 Å². The first-order valence-corrected chi connectivity index (χ1v) is 5.08. The minimum Gasteiger partial charge on any atom is -0.112 e. The van der Waals surface area contributed by atoms with Gasteiger partial charge in [-0.1, -0.05) is 5.92 Å². The van der Waals surface area contributed by atoms with E-state index >= 15 is 0 Å². The van der Waals surface area contributed by atoms with E-state index in [-0.39, 0.29) is 4.57 Å². The van der Waals surface area contributed by atoms with Crippen LogP contribution in [0.3, 0.4) is 0 Å². The van der Waals surface area contributed by atoms with Crippen LogP contribution in [-0.2, 0) is 0 Å². The number of hydrogen-bond donors (Lipinski definition) is 0. The first-order chi connectivity index (χ1) is 7.31. The Balaban J connectivity index is 4.30. The molecule has 66 valence electrons. The lowest BCUT2D eigenvalue weighted by molar-refractivity contribution is 1.92. The van der Waals surface area contributed by atoms with Crippen molar-refractivity contribution in [2.24, 2.45) is 0 Å². The molecule has 0 bridgehead atoms. The summed E-state index contributed by atoms with van der Waals surface area (Å²) in [4.78, 5) is 0. The molecule has 0 saturated heterocycles. The molecule has 0 aliphatic carbocycles. The summed E-state index contributed by atoms with van der Waals surface area (Å²) < 4.78 is -0.0986. The van der Waals surface area contributed by atoms with Crippen molar-refractivity contribution < 1.29 is 0 Å². The second-order valence-electron chi connectivity index (χ2n) is 1.92. The zero-order chi connectivity index (χ0) is 11.4. The van der Waals surface area contributed by atoms with Crippen LogP contribution in [0.5, 0.6) is 0 Å². The van der Waals surface area contributed by atoms with Gasteiger partial charge in [-0.2, -0.15) is 0 Å². The van der Waals surface area contributed by atoms with E-state index in [0.29, 0.717) is 0 Å². The van der Waals surface area contributed by atoms with Crippen molar-refractivity contribution in [2.75, 3.05) is 0 Å². The van der Waals surface area contributed by atoms with Gasteiger partial charge in [0.05, 0.1) is 0 Å². The predicted octanol–water partition coefficient (Wildman–Crippen LogP) is 1.16. The fourth-order valence-electron chi connectivity index (χ4n) is 0.427. The summed E-state index contributed by atoms with van der Waals surface area (Å²) in [6.07, 6.45) is 4.92. The van der Waals surface area contributed by atoms with Gasteiger partial charge in [-0.15, -0.1) is 40.4 Å². The van der Waals surface area contributed by atoms with Crippen LogP contribution >= 0.6 is 22.4 Å². The normalized spacial score (nSPS) is 4.60. The van der Waals surface area contributed by atoms with Crippen LogP contribution in [0.15, 0.2) is 0 Å². The molecule has 0 unspecified atom stereocenters. The van der Waals surface area contributed by atoms with Crippen molar-refractivity contribution in [1.29, 1.82) is 0 Å². The van der Waals surface area contributed by atoms with Gasteiger partial charge in [0, 0.05) is 0 Å². The Morgan fingerprint density at radius 3 is 1.93 bits per heavy atom. The second-order valence-corrected chi connectivity index (χ2v) is 3.17. The third kappa shape index (κ3) is 10.1. The van der Waals surface area contributed by atoms with Gasteiger partial charge in [0.1, 0.15) is 0 Å². The van der Waals surface area contributed by atoms with E-state index in [1.165, 1.54) is 0 Å². The van der Waals surface area contributed by atoms with Crippen LogP contribution in [0.1, 0.15) is 6.92 Å². The summed E-state index contributed by atoms with van der Waals surface area (Å²) in [5, 5.41) is 0. The van der Waals surface area contributed by atoms with Gasteiger partial charge in [-0.05, 0) is 54.3 Å². The molecule has 0 saturated carbocycles. The average Bonchev–Trinajstić information content (AvgIpc) is 2.24. The van der Waals surface area contributed by atoms with Crippen LogP contribution < -0.4 is 0 Å². The van der Waals surface area contributed by atoms with E-state index in [4.69, 9.17) is 6.42 Å². The maximum Gasteiger partial charge on any atom is 0.384 e. The quantitative estimate of drug-likeness (QED) is 0.358. The highest BCUT2D eigenvalue weighted by atomic mass is 127. The molecule has 0 radical (unpaired) electrons. The Kier molecular flexibility index (Phi) is 8.98. The third-order valence-corrected chi connectivity index (χ3v) is 1.53. The summed E-state index contributed by atoms with van der Waals surface area (Å²) in [6, 6.07) is 0. The maximum atomic E-state index is 4.92. The zero-order valence-corrected chi connectivity index (χ0v) is 10.2. The SMILES string of the molecule is C#CC#CC#CB(I)C#CC#CC#CC. The predicted molar refractivity (Wildman–Crippen MR) is 73.2 cm³/mol. The Labute approximate surface area is 105 Å². The average molecular weight is 298 g/mol. The van der Waals surface area contributed by atoms with Crippen LogP contribution in [0.25, 0.3) is 0 Å². The Morgan fingerprint density at radius 2 is 1.40 bits per heavy atom. The Morgan fingerprint density at radius 1 is 0.867 bits per heavy atom. The summed E-state index contributed by atoms with van der Waals surface area (Å²) in [6.45, 7) is 1.72. The second kappa shape index (κ2) is 10.2. The van der Waals surface area contributed by atoms with Gasteiger partial charge in [0.25, 0.3) is 0 Å². The molecule has 15 heavy (non-hydrogen) atoms. The highest BCUT2D eigenvalue weighted by Gasteiger charge is 1.96. The molecule has 0 aliphatic heterocycles. The van der Waals surface area contributed by atoms with E-state index < -0.39 is 0 Å². The van der Waals surface area contributed by atoms with Gasteiger partial charge in [-0.3, -0.25) is 0 Å². The number of hydrogen-bond acceptors (Lipinski definition) is 0. The first kappa shape index (κ1) is 13.2. The largest absolute Gasteiger partial charge is 0.384 e. The minimum absolute atomic E-state index is 0.0986. The van der Waals surface area contributed by atoms with Gasteiger partial charge in [0.2, 0.25) is 0 Å². The molecule has 0 amide bonds. The highest BCUT2D eigenvalue weighted by molar-refractivity contribution is 14.1. The molecule has 0 fully saturated rings. The van der Waals surface area contributed by atoms with Crippen LogP contribution in [0.4, 0.5) is 0 Å². The number of halogens is 1. The Bertz CT molecular complexity index is 551. The highest BCUT2D eigenvalue weighted by Crippen LogP contribution is 1.88. The lowest BCUT2D eigenvalue weighted by Gasteiger charge is -1.75. The summed E-state index contributed by atoms with van der Waals surface area (Å²) >= 11 is 2.08.